The van der Waals surface area contributed by atoms with E-state index in [-0.39, 0.29) is 17.8 Å². The van der Waals surface area contributed by atoms with Crippen molar-refractivity contribution in [2.75, 3.05) is 39.5 Å². The molecule has 1 unspecified atom stereocenters. The fraction of sp³-hybridized carbons (Fsp3) is 0.933. The van der Waals surface area contributed by atoms with Crippen molar-refractivity contribution in [1.82, 2.24) is 10.2 Å². The summed E-state index contributed by atoms with van der Waals surface area (Å²) in [6.07, 6.45) is 3.90. The molecule has 3 fully saturated rings. The summed E-state index contributed by atoms with van der Waals surface area (Å²) in [4.78, 5) is 14.5. The molecule has 0 aromatic carbocycles. The lowest BCUT2D eigenvalue weighted by atomic mass is 9.88. The number of carbonyl (C=O) groups is 1. The lowest BCUT2D eigenvalue weighted by Gasteiger charge is -2.44. The molecule has 3 aliphatic rings. The van der Waals surface area contributed by atoms with Crippen LogP contribution < -0.4 is 5.32 Å². The third kappa shape index (κ3) is 3.23. The van der Waals surface area contributed by atoms with Crippen LogP contribution in [0.15, 0.2) is 0 Å². The molecule has 2 aliphatic heterocycles. The summed E-state index contributed by atoms with van der Waals surface area (Å²) >= 11 is 0. The number of piperazine rings is 1. The van der Waals surface area contributed by atoms with E-state index in [1.54, 1.807) is 0 Å². The molecule has 2 saturated heterocycles. The topological polar surface area (TPSA) is 60.0 Å². The van der Waals surface area contributed by atoms with Crippen LogP contribution in [0.5, 0.6) is 0 Å². The molecule has 21 heavy (non-hydrogen) atoms. The molecule has 0 aromatic heterocycles. The van der Waals surface area contributed by atoms with Gasteiger partial charge in [-0.05, 0) is 19.8 Å². The first-order chi connectivity index (χ1) is 10.2. The second kappa shape index (κ2) is 6.60. The zero-order valence-electron chi connectivity index (χ0n) is 12.8. The van der Waals surface area contributed by atoms with Gasteiger partial charge in [-0.25, -0.2) is 0 Å². The number of hydrogen-bond acceptors (Lipinski definition) is 6. The summed E-state index contributed by atoms with van der Waals surface area (Å²) < 4.78 is 16.8. The third-order valence-electron chi connectivity index (χ3n) is 4.84. The van der Waals surface area contributed by atoms with Crippen LogP contribution in [0, 0.1) is 0 Å². The Bertz CT molecular complexity index is 361. The van der Waals surface area contributed by atoms with E-state index in [1.165, 1.54) is 0 Å². The molecule has 0 bridgehead atoms. The molecule has 1 saturated carbocycles. The normalized spacial score (nSPS) is 30.6. The van der Waals surface area contributed by atoms with Gasteiger partial charge in [0.15, 0.2) is 5.79 Å². The number of esters is 1. The third-order valence-corrected chi connectivity index (χ3v) is 4.84. The molecule has 6 heteroatoms. The van der Waals surface area contributed by atoms with Gasteiger partial charge >= 0.3 is 5.97 Å². The Labute approximate surface area is 126 Å². The number of rotatable bonds is 3. The fourth-order valence-electron chi connectivity index (χ4n) is 3.77. The van der Waals surface area contributed by atoms with Gasteiger partial charge in [-0.15, -0.1) is 0 Å². The lowest BCUT2D eigenvalue weighted by Crippen LogP contribution is -2.60. The van der Waals surface area contributed by atoms with Gasteiger partial charge < -0.3 is 19.5 Å². The van der Waals surface area contributed by atoms with Gasteiger partial charge in [-0.1, -0.05) is 0 Å². The van der Waals surface area contributed by atoms with Crippen molar-refractivity contribution in [3.63, 3.8) is 0 Å². The zero-order valence-corrected chi connectivity index (χ0v) is 12.8. The fourth-order valence-corrected chi connectivity index (χ4v) is 3.77. The number of hydrogen-bond donors (Lipinski definition) is 1. The van der Waals surface area contributed by atoms with Crippen molar-refractivity contribution < 1.29 is 19.0 Å². The van der Waals surface area contributed by atoms with E-state index < -0.39 is 0 Å². The van der Waals surface area contributed by atoms with Crippen LogP contribution in [-0.4, -0.2) is 68.2 Å². The van der Waals surface area contributed by atoms with E-state index in [4.69, 9.17) is 14.2 Å². The predicted octanol–water partition coefficient (Wildman–Crippen LogP) is 0.509. The zero-order chi connectivity index (χ0) is 14.7. The minimum atomic E-state index is -0.329. The van der Waals surface area contributed by atoms with Crippen molar-refractivity contribution in [3.8, 4) is 0 Å². The van der Waals surface area contributed by atoms with Crippen LogP contribution >= 0.6 is 0 Å². The number of nitrogens with zero attached hydrogens (tertiary/aromatic N) is 1. The summed E-state index contributed by atoms with van der Waals surface area (Å²) in [5, 5.41) is 3.30. The second-order valence-corrected chi connectivity index (χ2v) is 6.05. The predicted molar refractivity (Wildman–Crippen MR) is 76.9 cm³/mol. The number of nitrogens with one attached hydrogen (secondary N) is 1. The minimum absolute atomic E-state index is 0.0987. The van der Waals surface area contributed by atoms with Crippen LogP contribution in [0.2, 0.25) is 0 Å². The van der Waals surface area contributed by atoms with Gasteiger partial charge in [0.1, 0.15) is 6.04 Å². The Hall–Kier alpha value is -0.690. The molecule has 2 heterocycles. The smallest absolute Gasteiger partial charge is 0.324 e. The highest BCUT2D eigenvalue weighted by atomic mass is 16.7. The van der Waals surface area contributed by atoms with E-state index in [9.17, 15) is 4.79 Å². The molecule has 0 radical (unpaired) electrons. The molecule has 1 spiro atoms. The van der Waals surface area contributed by atoms with Crippen molar-refractivity contribution in [2.45, 2.75) is 50.5 Å². The monoisotopic (exact) mass is 298 g/mol. The van der Waals surface area contributed by atoms with Gasteiger partial charge in [0.05, 0.1) is 19.8 Å². The summed E-state index contributed by atoms with van der Waals surface area (Å²) in [6.45, 7) is 6.25. The summed E-state index contributed by atoms with van der Waals surface area (Å²) in [5.74, 6) is -0.428. The van der Waals surface area contributed by atoms with E-state index in [2.05, 4.69) is 10.2 Å². The molecule has 120 valence electrons. The highest BCUT2D eigenvalue weighted by Crippen LogP contribution is 2.37. The van der Waals surface area contributed by atoms with Crippen molar-refractivity contribution in [1.29, 1.82) is 0 Å². The summed E-state index contributed by atoms with van der Waals surface area (Å²) in [7, 11) is 0. The SMILES string of the molecule is CCOC(=O)C1CNCCN1C1CCC2(CC1)OCCO2. The number of carbonyl (C=O) groups excluding carboxylic acids is 1. The molecule has 1 aliphatic carbocycles. The largest absolute Gasteiger partial charge is 0.465 e. The molecule has 1 atom stereocenters. The van der Waals surface area contributed by atoms with E-state index in [0.717, 1.165) is 38.8 Å². The van der Waals surface area contributed by atoms with E-state index in [1.807, 2.05) is 6.92 Å². The van der Waals surface area contributed by atoms with E-state index in [0.29, 0.717) is 32.4 Å². The first-order valence-corrected chi connectivity index (χ1v) is 8.15. The quantitative estimate of drug-likeness (QED) is 0.766. The maximum absolute atomic E-state index is 12.1. The first kappa shape index (κ1) is 15.2. The van der Waals surface area contributed by atoms with Crippen LogP contribution in [0.1, 0.15) is 32.6 Å². The molecular formula is C15H26N2O4. The van der Waals surface area contributed by atoms with Crippen molar-refractivity contribution >= 4 is 5.97 Å². The molecule has 1 N–H and O–H groups in total. The first-order valence-electron chi connectivity index (χ1n) is 8.15. The average Bonchev–Trinajstić information content (AvgIpc) is 2.97. The van der Waals surface area contributed by atoms with Crippen LogP contribution in [0.25, 0.3) is 0 Å². The minimum Gasteiger partial charge on any atom is -0.465 e. The van der Waals surface area contributed by atoms with Crippen LogP contribution in [0.4, 0.5) is 0 Å². The maximum atomic E-state index is 12.1. The highest BCUT2D eigenvalue weighted by Gasteiger charge is 2.43. The Morgan fingerprint density at radius 3 is 2.71 bits per heavy atom. The van der Waals surface area contributed by atoms with Crippen LogP contribution in [0.3, 0.4) is 0 Å². The number of ether oxygens (including phenoxy) is 3. The molecule has 3 rings (SSSR count). The van der Waals surface area contributed by atoms with Gasteiger partial charge in [0.2, 0.25) is 0 Å². The van der Waals surface area contributed by atoms with Gasteiger partial charge in [0, 0.05) is 38.5 Å². The summed E-state index contributed by atoms with van der Waals surface area (Å²) in [5.41, 5.74) is 0. The van der Waals surface area contributed by atoms with Gasteiger partial charge in [0.25, 0.3) is 0 Å². The Balaban J connectivity index is 1.60. The molecule has 6 nitrogen and oxygen atoms in total. The van der Waals surface area contributed by atoms with Crippen molar-refractivity contribution in [3.05, 3.63) is 0 Å². The van der Waals surface area contributed by atoms with Gasteiger partial charge in [-0.2, -0.15) is 0 Å². The highest BCUT2D eigenvalue weighted by molar-refractivity contribution is 5.76. The summed E-state index contributed by atoms with van der Waals surface area (Å²) in [6, 6.07) is 0.281. The average molecular weight is 298 g/mol. The Kier molecular flexibility index (Phi) is 4.78. The lowest BCUT2D eigenvalue weighted by molar-refractivity contribution is -0.186. The molecular weight excluding hydrogens is 272 g/mol. The molecule has 0 amide bonds. The maximum Gasteiger partial charge on any atom is 0.324 e. The van der Waals surface area contributed by atoms with Crippen molar-refractivity contribution in [2.24, 2.45) is 0 Å². The Morgan fingerprint density at radius 1 is 1.33 bits per heavy atom. The van der Waals surface area contributed by atoms with Gasteiger partial charge in [-0.3, -0.25) is 9.69 Å². The standard InChI is InChI=1S/C15H26N2O4/c1-2-19-14(18)13-11-16-7-8-17(13)12-3-5-15(6-4-12)20-9-10-21-15/h12-13,16H,2-11H2,1H3. The van der Waals surface area contributed by atoms with Crippen LogP contribution in [-0.2, 0) is 19.0 Å². The molecule has 0 aromatic rings. The Morgan fingerprint density at radius 2 is 2.05 bits per heavy atom. The van der Waals surface area contributed by atoms with E-state index >= 15 is 0 Å². The second-order valence-electron chi connectivity index (χ2n) is 6.05.